The second kappa shape index (κ2) is 6.01. The van der Waals surface area contributed by atoms with Gasteiger partial charge < -0.3 is 9.15 Å². The Morgan fingerprint density at radius 3 is 2.70 bits per heavy atom. The Bertz CT molecular complexity index is 949. The monoisotopic (exact) mass is 328 g/mol. The summed E-state index contributed by atoms with van der Waals surface area (Å²) in [5.74, 6) is -0.0347. The number of carbonyl (C=O) groups excluding carboxylic acids is 1. The predicted molar refractivity (Wildman–Crippen MR) is 90.6 cm³/mol. The molecule has 0 bridgehead atoms. The second-order valence-corrected chi connectivity index (χ2v) is 6.60. The molecule has 23 heavy (non-hydrogen) atoms. The normalized spacial score (nSPS) is 10.9. The van der Waals surface area contributed by atoms with Gasteiger partial charge in [-0.15, -0.1) is 11.3 Å². The standard InChI is InChI=1S/C18H16O4S/c1-4-12-8-16(23-11(12)3)18(20)21-13-5-6-14-10(2)7-17(19)22-15(14)9-13/h5-9H,4H2,1-3H3. The van der Waals surface area contributed by atoms with Gasteiger partial charge in [-0.1, -0.05) is 6.92 Å². The summed E-state index contributed by atoms with van der Waals surface area (Å²) in [4.78, 5) is 25.4. The largest absolute Gasteiger partial charge is 0.423 e. The van der Waals surface area contributed by atoms with Crippen LogP contribution in [0, 0.1) is 13.8 Å². The molecule has 3 aromatic rings. The highest BCUT2D eigenvalue weighted by Gasteiger charge is 2.14. The summed E-state index contributed by atoms with van der Waals surface area (Å²) in [5.41, 5.74) is 1.98. The number of esters is 1. The molecule has 0 aliphatic heterocycles. The highest BCUT2D eigenvalue weighted by Crippen LogP contribution is 2.26. The zero-order chi connectivity index (χ0) is 16.6. The van der Waals surface area contributed by atoms with Gasteiger partial charge in [-0.05, 0) is 49.6 Å². The van der Waals surface area contributed by atoms with Gasteiger partial charge in [-0.2, -0.15) is 0 Å². The molecule has 0 saturated heterocycles. The smallest absolute Gasteiger partial charge is 0.353 e. The molecule has 4 nitrogen and oxygen atoms in total. The van der Waals surface area contributed by atoms with Crippen molar-refractivity contribution in [3.63, 3.8) is 0 Å². The van der Waals surface area contributed by atoms with Gasteiger partial charge in [-0.3, -0.25) is 0 Å². The van der Waals surface area contributed by atoms with Crippen LogP contribution < -0.4 is 10.4 Å². The number of hydrogen-bond donors (Lipinski definition) is 0. The maximum atomic E-state index is 12.3. The summed E-state index contributed by atoms with van der Waals surface area (Å²) in [7, 11) is 0. The number of fused-ring (bicyclic) bond motifs is 1. The number of thiophene rings is 1. The summed E-state index contributed by atoms with van der Waals surface area (Å²) in [5, 5.41) is 0.824. The fourth-order valence-electron chi connectivity index (χ4n) is 2.50. The van der Waals surface area contributed by atoms with Crippen LogP contribution in [0.5, 0.6) is 5.75 Å². The molecule has 0 fully saturated rings. The molecule has 0 atom stereocenters. The van der Waals surface area contributed by atoms with Crippen LogP contribution in [-0.4, -0.2) is 5.97 Å². The average Bonchev–Trinajstić information content (AvgIpc) is 2.88. The number of aryl methyl sites for hydroxylation is 3. The van der Waals surface area contributed by atoms with Gasteiger partial charge in [0.05, 0.1) is 0 Å². The first kappa shape index (κ1) is 15.5. The van der Waals surface area contributed by atoms with Crippen LogP contribution in [0.4, 0.5) is 0 Å². The van der Waals surface area contributed by atoms with E-state index in [1.807, 2.05) is 19.9 Å². The number of ether oxygens (including phenoxy) is 1. The first-order chi connectivity index (χ1) is 11.0. The molecule has 5 heteroatoms. The van der Waals surface area contributed by atoms with E-state index < -0.39 is 11.6 Å². The number of benzene rings is 1. The molecule has 2 aromatic heterocycles. The van der Waals surface area contributed by atoms with E-state index in [4.69, 9.17) is 9.15 Å². The van der Waals surface area contributed by atoms with Gasteiger partial charge in [-0.25, -0.2) is 9.59 Å². The number of hydrogen-bond acceptors (Lipinski definition) is 5. The molecule has 0 radical (unpaired) electrons. The summed E-state index contributed by atoms with van der Waals surface area (Å²) < 4.78 is 10.6. The van der Waals surface area contributed by atoms with Crippen molar-refractivity contribution >= 4 is 28.3 Å². The van der Waals surface area contributed by atoms with Gasteiger partial charge >= 0.3 is 11.6 Å². The first-order valence-corrected chi connectivity index (χ1v) is 8.15. The molecule has 0 aliphatic rings. The molecule has 0 saturated carbocycles. The Morgan fingerprint density at radius 1 is 1.22 bits per heavy atom. The average molecular weight is 328 g/mol. The van der Waals surface area contributed by atoms with Gasteiger partial charge in [0.2, 0.25) is 0 Å². The van der Waals surface area contributed by atoms with E-state index in [2.05, 4.69) is 6.92 Å². The molecule has 0 spiro atoms. The van der Waals surface area contributed by atoms with Crippen molar-refractivity contribution < 1.29 is 13.9 Å². The minimum Gasteiger partial charge on any atom is -0.423 e. The third kappa shape index (κ3) is 3.05. The lowest BCUT2D eigenvalue weighted by Crippen LogP contribution is -2.06. The fourth-order valence-corrected chi connectivity index (χ4v) is 3.49. The Hall–Kier alpha value is -2.40. The molecular formula is C18H16O4S. The quantitative estimate of drug-likeness (QED) is 0.410. The van der Waals surface area contributed by atoms with Gasteiger partial charge in [0.15, 0.2) is 0 Å². The van der Waals surface area contributed by atoms with E-state index in [0.29, 0.717) is 16.2 Å². The van der Waals surface area contributed by atoms with Gasteiger partial charge in [0.1, 0.15) is 16.2 Å². The van der Waals surface area contributed by atoms with Crippen LogP contribution in [0.25, 0.3) is 11.0 Å². The van der Waals surface area contributed by atoms with Crippen molar-refractivity contribution in [3.8, 4) is 5.75 Å². The van der Waals surface area contributed by atoms with E-state index in [1.165, 1.54) is 17.4 Å². The fraction of sp³-hybridized carbons (Fsp3) is 0.222. The van der Waals surface area contributed by atoms with Crippen LogP contribution in [0.1, 0.15) is 32.6 Å². The maximum absolute atomic E-state index is 12.3. The van der Waals surface area contributed by atoms with E-state index in [9.17, 15) is 9.59 Å². The van der Waals surface area contributed by atoms with Crippen LogP contribution in [0.3, 0.4) is 0 Å². The highest BCUT2D eigenvalue weighted by molar-refractivity contribution is 7.14. The molecule has 1 aromatic carbocycles. The number of rotatable bonds is 3. The Kier molecular flexibility index (Phi) is 4.05. The Balaban J connectivity index is 1.91. The van der Waals surface area contributed by atoms with Crippen molar-refractivity contribution in [2.24, 2.45) is 0 Å². The lowest BCUT2D eigenvalue weighted by atomic mass is 10.1. The summed E-state index contributed by atoms with van der Waals surface area (Å²) in [6, 6.07) is 8.37. The number of carbonyl (C=O) groups is 1. The molecule has 118 valence electrons. The van der Waals surface area contributed by atoms with Crippen LogP contribution in [0.15, 0.2) is 39.5 Å². The lowest BCUT2D eigenvalue weighted by molar-refractivity contribution is 0.0740. The molecule has 0 N–H and O–H groups in total. The molecule has 2 heterocycles. The topological polar surface area (TPSA) is 56.5 Å². The van der Waals surface area contributed by atoms with Crippen LogP contribution in [0.2, 0.25) is 0 Å². The van der Waals surface area contributed by atoms with Crippen molar-refractivity contribution in [3.05, 3.63) is 61.6 Å². The summed E-state index contributed by atoms with van der Waals surface area (Å²) in [6.45, 7) is 5.89. The van der Waals surface area contributed by atoms with Crippen LogP contribution in [-0.2, 0) is 6.42 Å². The van der Waals surface area contributed by atoms with E-state index in [1.54, 1.807) is 18.2 Å². The zero-order valence-corrected chi connectivity index (χ0v) is 14.0. The minimum absolute atomic E-state index is 0.361. The molecule has 0 amide bonds. The Morgan fingerprint density at radius 2 is 2.00 bits per heavy atom. The van der Waals surface area contributed by atoms with E-state index in [0.717, 1.165) is 27.8 Å². The van der Waals surface area contributed by atoms with Crippen molar-refractivity contribution in [2.75, 3.05) is 0 Å². The third-order valence-electron chi connectivity index (χ3n) is 3.74. The summed E-state index contributed by atoms with van der Waals surface area (Å²) in [6.07, 6.45) is 0.885. The second-order valence-electron chi connectivity index (χ2n) is 5.34. The minimum atomic E-state index is -0.417. The molecule has 3 rings (SSSR count). The maximum Gasteiger partial charge on any atom is 0.353 e. The summed E-state index contributed by atoms with van der Waals surface area (Å²) >= 11 is 1.43. The van der Waals surface area contributed by atoms with Gasteiger partial charge in [0.25, 0.3) is 0 Å². The molecule has 0 aliphatic carbocycles. The molecular weight excluding hydrogens is 312 g/mol. The van der Waals surface area contributed by atoms with Crippen molar-refractivity contribution in [2.45, 2.75) is 27.2 Å². The van der Waals surface area contributed by atoms with Crippen molar-refractivity contribution in [1.29, 1.82) is 0 Å². The highest BCUT2D eigenvalue weighted by atomic mass is 32.1. The Labute approximate surface area is 137 Å². The first-order valence-electron chi connectivity index (χ1n) is 7.34. The predicted octanol–water partition coefficient (Wildman–Crippen LogP) is 4.25. The van der Waals surface area contributed by atoms with Crippen LogP contribution >= 0.6 is 11.3 Å². The molecule has 0 unspecified atom stereocenters. The SMILES string of the molecule is CCc1cc(C(=O)Oc2ccc3c(C)cc(=O)oc3c2)sc1C. The third-order valence-corrected chi connectivity index (χ3v) is 4.81. The van der Waals surface area contributed by atoms with E-state index in [-0.39, 0.29) is 0 Å². The van der Waals surface area contributed by atoms with Gasteiger partial charge in [0, 0.05) is 22.4 Å². The van der Waals surface area contributed by atoms with E-state index >= 15 is 0 Å². The lowest BCUT2D eigenvalue weighted by Gasteiger charge is -2.05. The van der Waals surface area contributed by atoms with Crippen molar-refractivity contribution in [1.82, 2.24) is 0 Å². The zero-order valence-electron chi connectivity index (χ0n) is 13.1.